The minimum absolute atomic E-state index is 0.470. The maximum Gasteiger partial charge on any atom is 0.316 e. The van der Waals surface area contributed by atoms with Gasteiger partial charge < -0.3 is 4.74 Å². The zero-order chi connectivity index (χ0) is 15.5. The fraction of sp³-hybridized carbons (Fsp3) is 0.474. The van der Waals surface area contributed by atoms with Crippen LogP contribution in [0.1, 0.15) is 51.9 Å². The van der Waals surface area contributed by atoms with Crippen molar-refractivity contribution in [2.45, 2.75) is 51.9 Å². The van der Waals surface area contributed by atoms with Crippen molar-refractivity contribution in [1.82, 2.24) is 9.97 Å². The number of hydrogen-bond acceptors (Lipinski definition) is 3. The van der Waals surface area contributed by atoms with Crippen LogP contribution in [0, 0.1) is 6.07 Å². The molecule has 0 unspecified atom stereocenters. The van der Waals surface area contributed by atoms with Crippen LogP contribution in [0.15, 0.2) is 36.7 Å². The van der Waals surface area contributed by atoms with Crippen LogP contribution in [0.4, 0.5) is 0 Å². The van der Waals surface area contributed by atoms with Crippen molar-refractivity contribution in [3.8, 4) is 17.1 Å². The third kappa shape index (κ3) is 5.84. The highest BCUT2D eigenvalue weighted by Crippen LogP contribution is 2.17. The number of unbranched alkanes of at least 4 members (excludes halogenated alkanes) is 6. The van der Waals surface area contributed by atoms with E-state index in [9.17, 15) is 0 Å². The zero-order valence-corrected chi connectivity index (χ0v) is 13.4. The normalized spacial score (nSPS) is 10.6. The minimum Gasteiger partial charge on any atom is -0.463 e. The lowest BCUT2D eigenvalue weighted by atomic mass is 10.1. The van der Waals surface area contributed by atoms with Gasteiger partial charge in [0.15, 0.2) is 0 Å². The van der Waals surface area contributed by atoms with Crippen molar-refractivity contribution in [1.29, 1.82) is 0 Å². The molecule has 2 aromatic rings. The second kappa shape index (κ2) is 9.93. The Labute approximate surface area is 133 Å². The quantitative estimate of drug-likeness (QED) is 0.574. The standard InChI is InChI=1S/C19H25N2O/c1-2-3-4-5-6-7-11-14-22-19-20-15-18(16-21-19)17-12-9-8-10-13-17/h9-10,12-13,15-16H,2-7,11,14H2,1H3. The Kier molecular flexibility index (Phi) is 7.44. The van der Waals surface area contributed by atoms with Gasteiger partial charge in [0.1, 0.15) is 0 Å². The van der Waals surface area contributed by atoms with Gasteiger partial charge in [-0.25, -0.2) is 9.97 Å². The fourth-order valence-corrected chi connectivity index (χ4v) is 2.34. The zero-order valence-electron chi connectivity index (χ0n) is 13.4. The summed E-state index contributed by atoms with van der Waals surface area (Å²) in [5.41, 5.74) is 2.09. The van der Waals surface area contributed by atoms with E-state index in [1.165, 1.54) is 38.5 Å². The van der Waals surface area contributed by atoms with E-state index in [0.717, 1.165) is 17.5 Å². The van der Waals surface area contributed by atoms with Crippen LogP contribution < -0.4 is 4.74 Å². The van der Waals surface area contributed by atoms with Gasteiger partial charge >= 0.3 is 6.01 Å². The Balaban J connectivity index is 1.65. The molecule has 1 heterocycles. The van der Waals surface area contributed by atoms with Gasteiger partial charge in [-0.1, -0.05) is 69.7 Å². The Morgan fingerprint density at radius 2 is 1.50 bits per heavy atom. The molecular weight excluding hydrogens is 272 g/mol. The van der Waals surface area contributed by atoms with E-state index in [2.05, 4.69) is 23.0 Å². The molecule has 0 bridgehead atoms. The lowest BCUT2D eigenvalue weighted by Gasteiger charge is -2.05. The van der Waals surface area contributed by atoms with E-state index in [1.54, 1.807) is 0 Å². The molecule has 0 saturated carbocycles. The van der Waals surface area contributed by atoms with Gasteiger partial charge in [0.2, 0.25) is 0 Å². The third-order valence-corrected chi connectivity index (χ3v) is 3.66. The number of hydrogen-bond donors (Lipinski definition) is 0. The number of rotatable bonds is 10. The Hall–Kier alpha value is -1.90. The first kappa shape index (κ1) is 16.5. The number of nitrogens with zero attached hydrogens (tertiary/aromatic N) is 2. The third-order valence-electron chi connectivity index (χ3n) is 3.66. The van der Waals surface area contributed by atoms with Crippen molar-refractivity contribution in [2.75, 3.05) is 6.61 Å². The molecule has 22 heavy (non-hydrogen) atoms. The first-order valence-electron chi connectivity index (χ1n) is 8.31. The molecule has 0 aliphatic rings. The lowest BCUT2D eigenvalue weighted by molar-refractivity contribution is 0.281. The average Bonchev–Trinajstić information content (AvgIpc) is 2.59. The maximum atomic E-state index is 5.60. The largest absolute Gasteiger partial charge is 0.463 e. The summed E-state index contributed by atoms with van der Waals surface area (Å²) in [5, 5.41) is 0. The molecule has 0 aliphatic carbocycles. The number of ether oxygens (including phenoxy) is 1. The molecule has 0 aliphatic heterocycles. The molecule has 1 aromatic carbocycles. The van der Waals surface area contributed by atoms with Crippen molar-refractivity contribution in [3.63, 3.8) is 0 Å². The Morgan fingerprint density at radius 3 is 2.18 bits per heavy atom. The smallest absolute Gasteiger partial charge is 0.316 e. The average molecular weight is 297 g/mol. The molecule has 3 nitrogen and oxygen atoms in total. The number of benzene rings is 1. The summed E-state index contributed by atoms with van der Waals surface area (Å²) in [4.78, 5) is 8.54. The van der Waals surface area contributed by atoms with Gasteiger partial charge in [0, 0.05) is 18.0 Å². The van der Waals surface area contributed by atoms with Crippen LogP contribution in [-0.2, 0) is 0 Å². The molecule has 0 amide bonds. The summed E-state index contributed by atoms with van der Waals surface area (Å²) in [6.07, 6.45) is 12.6. The summed E-state index contributed by atoms with van der Waals surface area (Å²) in [6, 6.07) is 11.2. The molecule has 0 spiro atoms. The van der Waals surface area contributed by atoms with Gasteiger partial charge in [0.25, 0.3) is 0 Å². The van der Waals surface area contributed by atoms with Gasteiger partial charge in [-0.05, 0) is 18.1 Å². The maximum absolute atomic E-state index is 5.60. The molecular formula is C19H25N2O. The second-order valence-corrected chi connectivity index (χ2v) is 5.51. The Bertz CT molecular complexity index is 511. The van der Waals surface area contributed by atoms with Crippen molar-refractivity contribution in [2.24, 2.45) is 0 Å². The van der Waals surface area contributed by atoms with Crippen LogP contribution in [0.3, 0.4) is 0 Å². The van der Waals surface area contributed by atoms with Gasteiger partial charge in [0.05, 0.1) is 6.61 Å². The van der Waals surface area contributed by atoms with Crippen molar-refractivity contribution >= 4 is 0 Å². The van der Waals surface area contributed by atoms with Gasteiger partial charge in [-0.2, -0.15) is 0 Å². The van der Waals surface area contributed by atoms with Crippen LogP contribution in [-0.4, -0.2) is 16.6 Å². The molecule has 1 aromatic heterocycles. The number of aromatic nitrogens is 2. The summed E-state index contributed by atoms with van der Waals surface area (Å²) in [6.45, 7) is 2.95. The van der Waals surface area contributed by atoms with Crippen LogP contribution in [0.25, 0.3) is 11.1 Å². The van der Waals surface area contributed by atoms with E-state index in [4.69, 9.17) is 4.74 Å². The van der Waals surface area contributed by atoms with Crippen LogP contribution >= 0.6 is 0 Å². The van der Waals surface area contributed by atoms with Crippen LogP contribution in [0.5, 0.6) is 6.01 Å². The predicted octanol–water partition coefficient (Wildman–Crippen LogP) is 5.07. The first-order chi connectivity index (χ1) is 10.9. The molecule has 3 heteroatoms. The van der Waals surface area contributed by atoms with Gasteiger partial charge in [-0.15, -0.1) is 0 Å². The first-order valence-corrected chi connectivity index (χ1v) is 8.31. The topological polar surface area (TPSA) is 35.0 Å². The predicted molar refractivity (Wildman–Crippen MR) is 89.8 cm³/mol. The second-order valence-electron chi connectivity index (χ2n) is 5.51. The highest BCUT2D eigenvalue weighted by Gasteiger charge is 2.01. The van der Waals surface area contributed by atoms with E-state index in [1.807, 2.05) is 36.7 Å². The summed E-state index contributed by atoms with van der Waals surface area (Å²) < 4.78 is 5.60. The Morgan fingerprint density at radius 1 is 0.864 bits per heavy atom. The van der Waals surface area contributed by atoms with E-state index < -0.39 is 0 Å². The highest BCUT2D eigenvalue weighted by atomic mass is 16.5. The minimum atomic E-state index is 0.470. The van der Waals surface area contributed by atoms with Crippen LogP contribution in [0.2, 0.25) is 0 Å². The fourth-order valence-electron chi connectivity index (χ4n) is 2.34. The molecule has 0 saturated heterocycles. The van der Waals surface area contributed by atoms with Crippen molar-refractivity contribution in [3.05, 3.63) is 42.7 Å². The summed E-state index contributed by atoms with van der Waals surface area (Å²) >= 11 is 0. The SMILES string of the molecule is CCCCCCCCCOc1ncc(-c2cc[c]cc2)cn1. The summed E-state index contributed by atoms with van der Waals surface area (Å²) in [7, 11) is 0. The van der Waals surface area contributed by atoms with Crippen molar-refractivity contribution < 1.29 is 4.74 Å². The highest BCUT2D eigenvalue weighted by molar-refractivity contribution is 5.60. The lowest BCUT2D eigenvalue weighted by Crippen LogP contribution is -2.01. The molecule has 0 fully saturated rings. The molecule has 0 N–H and O–H groups in total. The summed E-state index contributed by atoms with van der Waals surface area (Å²) in [5.74, 6) is 0. The van der Waals surface area contributed by atoms with E-state index in [-0.39, 0.29) is 0 Å². The monoisotopic (exact) mass is 297 g/mol. The molecule has 1 radical (unpaired) electrons. The molecule has 0 atom stereocenters. The molecule has 2 rings (SSSR count). The van der Waals surface area contributed by atoms with Gasteiger partial charge in [-0.3, -0.25) is 0 Å². The van der Waals surface area contributed by atoms with E-state index in [0.29, 0.717) is 12.6 Å². The molecule has 117 valence electrons. The van der Waals surface area contributed by atoms with E-state index >= 15 is 0 Å².